The van der Waals surface area contributed by atoms with E-state index in [4.69, 9.17) is 4.74 Å². The van der Waals surface area contributed by atoms with Crippen molar-refractivity contribution in [3.05, 3.63) is 92.0 Å². The molecule has 2 aliphatic heterocycles. The topological polar surface area (TPSA) is 109 Å². The average Bonchev–Trinajstić information content (AvgIpc) is 3.09. The first-order valence-corrected chi connectivity index (χ1v) is 9.36. The number of esters is 1. The highest BCUT2D eigenvalue weighted by atomic mass is 16.6. The number of para-hydroxylation sites is 1. The monoisotopic (exact) mass is 418 g/mol. The molecule has 0 amide bonds. The maximum atomic E-state index is 13.2. The predicted molar refractivity (Wildman–Crippen MR) is 113 cm³/mol. The Hall–Kier alpha value is -4.27. The van der Waals surface area contributed by atoms with Crippen LogP contribution >= 0.6 is 0 Å². The molecule has 156 valence electrons. The van der Waals surface area contributed by atoms with Crippen LogP contribution in [0.3, 0.4) is 0 Å². The Morgan fingerprint density at radius 2 is 1.84 bits per heavy atom. The second-order valence-corrected chi connectivity index (χ2v) is 7.06. The van der Waals surface area contributed by atoms with Crippen LogP contribution in [0.15, 0.2) is 59.7 Å². The molecule has 0 bridgehead atoms. The Morgan fingerprint density at radius 3 is 2.52 bits per heavy atom. The number of methoxy groups -OCH3 is 1. The molecule has 4 rings (SSSR count). The van der Waals surface area contributed by atoms with Gasteiger partial charge in [0.15, 0.2) is 0 Å². The molecule has 0 N–H and O–H groups in total. The number of aryl methyl sites for hydroxylation is 2. The van der Waals surface area contributed by atoms with Crippen LogP contribution in [0.5, 0.6) is 0 Å². The summed E-state index contributed by atoms with van der Waals surface area (Å²) in [6.45, 7) is 3.49. The van der Waals surface area contributed by atoms with Crippen molar-refractivity contribution >= 4 is 11.7 Å². The van der Waals surface area contributed by atoms with E-state index >= 15 is 0 Å². The third-order valence-corrected chi connectivity index (χ3v) is 5.11. The van der Waals surface area contributed by atoms with Gasteiger partial charge in [0.25, 0.3) is 11.2 Å². The van der Waals surface area contributed by atoms with Crippen molar-refractivity contribution < 1.29 is 14.5 Å². The Labute approximate surface area is 176 Å². The van der Waals surface area contributed by atoms with Crippen LogP contribution in [-0.2, 0) is 4.74 Å². The van der Waals surface area contributed by atoms with Crippen molar-refractivity contribution in [3.63, 3.8) is 0 Å². The van der Waals surface area contributed by atoms with Crippen LogP contribution in [0.25, 0.3) is 22.6 Å². The molecule has 0 atom stereocenters. The highest BCUT2D eigenvalue weighted by Gasteiger charge is 2.26. The number of hydrogen-bond acceptors (Lipinski definition) is 6. The lowest BCUT2D eigenvalue weighted by atomic mass is 10.1. The number of hydrogen-bond donors (Lipinski definition) is 0. The summed E-state index contributed by atoms with van der Waals surface area (Å²) in [4.78, 5) is 36.5. The molecular weight excluding hydrogens is 400 g/mol. The first-order chi connectivity index (χ1) is 14.8. The van der Waals surface area contributed by atoms with E-state index in [-0.39, 0.29) is 22.5 Å². The number of carbonyl (C=O) groups is 1. The van der Waals surface area contributed by atoms with Crippen LogP contribution in [0, 0.1) is 24.0 Å². The quantitative estimate of drug-likeness (QED) is 0.285. The van der Waals surface area contributed by atoms with Crippen molar-refractivity contribution in [1.82, 2.24) is 14.3 Å². The molecule has 0 fully saturated rings. The first kappa shape index (κ1) is 20.0. The molecule has 2 heterocycles. The number of carbonyl (C=O) groups excluding carboxylic acids is 1. The molecule has 2 aromatic rings. The van der Waals surface area contributed by atoms with E-state index in [1.54, 1.807) is 31.2 Å². The lowest BCUT2D eigenvalue weighted by molar-refractivity contribution is -0.385. The number of rotatable bonds is 4. The molecule has 31 heavy (non-hydrogen) atoms. The molecule has 0 spiro atoms. The third-order valence-electron chi connectivity index (χ3n) is 5.11. The fourth-order valence-corrected chi connectivity index (χ4v) is 3.43. The molecule has 0 unspecified atom stereocenters. The van der Waals surface area contributed by atoms with Crippen LogP contribution in [0.4, 0.5) is 5.69 Å². The Bertz CT molecular complexity index is 1370. The molecule has 9 heteroatoms. The second kappa shape index (κ2) is 7.52. The van der Waals surface area contributed by atoms with Crippen LogP contribution in [0.1, 0.15) is 21.5 Å². The summed E-state index contributed by atoms with van der Waals surface area (Å²) >= 11 is 0. The number of nitro groups is 1. The summed E-state index contributed by atoms with van der Waals surface area (Å²) in [5, 5.41) is 15.7. The van der Waals surface area contributed by atoms with E-state index in [1.165, 1.54) is 34.8 Å². The molecular formula is C22H18N4O5. The van der Waals surface area contributed by atoms with Gasteiger partial charge in [0.05, 0.1) is 29.0 Å². The summed E-state index contributed by atoms with van der Waals surface area (Å²) in [7, 11) is 1.23. The third kappa shape index (κ3) is 3.35. The van der Waals surface area contributed by atoms with Crippen molar-refractivity contribution in [2.75, 3.05) is 7.11 Å². The normalized spacial score (nSPS) is 10.9. The van der Waals surface area contributed by atoms with Crippen molar-refractivity contribution in [3.8, 4) is 22.6 Å². The fraction of sp³-hybridized carbons (Fsp3) is 0.136. The second-order valence-electron chi connectivity index (χ2n) is 7.06. The van der Waals surface area contributed by atoms with Gasteiger partial charge in [0.1, 0.15) is 11.3 Å². The molecule has 0 aromatic heterocycles. The van der Waals surface area contributed by atoms with Gasteiger partial charge in [-0.3, -0.25) is 14.9 Å². The molecule has 2 aliphatic rings. The largest absolute Gasteiger partial charge is 0.465 e. The number of ether oxygens (including phenoxy) is 1. The van der Waals surface area contributed by atoms with Crippen molar-refractivity contribution in [2.24, 2.45) is 0 Å². The van der Waals surface area contributed by atoms with Gasteiger partial charge in [0.2, 0.25) is 0 Å². The lowest BCUT2D eigenvalue weighted by Gasteiger charge is -2.12. The van der Waals surface area contributed by atoms with E-state index in [2.05, 4.69) is 5.10 Å². The lowest BCUT2D eigenvalue weighted by Crippen LogP contribution is -2.16. The number of nitro benzene ring substituents is 1. The zero-order valence-electron chi connectivity index (χ0n) is 17.0. The highest BCUT2D eigenvalue weighted by Crippen LogP contribution is 2.27. The maximum absolute atomic E-state index is 13.2. The van der Waals surface area contributed by atoms with E-state index in [0.717, 1.165) is 5.56 Å². The molecule has 9 nitrogen and oxygen atoms in total. The standard InChI is InChI=1S/C22H18N4O5/c1-13-6-4-5-7-18(13)25-21(27)16-11-24(12-17(20(16)23-25)22(28)31-3)15-9-8-14(2)19(10-15)26(29)30/h4-12H,1-3H3. The van der Waals surface area contributed by atoms with Crippen LogP contribution < -0.4 is 5.56 Å². The Morgan fingerprint density at radius 1 is 1.10 bits per heavy atom. The van der Waals surface area contributed by atoms with E-state index in [0.29, 0.717) is 16.9 Å². The Kier molecular flexibility index (Phi) is 4.86. The summed E-state index contributed by atoms with van der Waals surface area (Å²) in [6.07, 6.45) is 2.97. The van der Waals surface area contributed by atoms with Gasteiger partial charge in [-0.1, -0.05) is 24.3 Å². The van der Waals surface area contributed by atoms with E-state index < -0.39 is 16.5 Å². The maximum Gasteiger partial charge on any atom is 0.341 e. The minimum Gasteiger partial charge on any atom is -0.465 e. The van der Waals surface area contributed by atoms with Crippen molar-refractivity contribution in [1.29, 1.82) is 0 Å². The SMILES string of the molecule is COC(=O)c1cn(-c2ccc(C)c([N+](=O)[O-])c2)cc2c(=O)n(-c3ccccc3C)nc1-2. The van der Waals surface area contributed by atoms with Crippen molar-refractivity contribution in [2.45, 2.75) is 13.8 Å². The summed E-state index contributed by atoms with van der Waals surface area (Å²) in [6, 6.07) is 11.9. The summed E-state index contributed by atoms with van der Waals surface area (Å²) in [5.41, 5.74) is 2.34. The zero-order valence-corrected chi connectivity index (χ0v) is 17.0. The van der Waals surface area contributed by atoms with Gasteiger partial charge in [0, 0.05) is 24.0 Å². The summed E-state index contributed by atoms with van der Waals surface area (Å²) < 4.78 is 7.62. The smallest absolute Gasteiger partial charge is 0.341 e. The van der Waals surface area contributed by atoms with Crippen LogP contribution in [0.2, 0.25) is 0 Å². The predicted octanol–water partition coefficient (Wildman–Crippen LogP) is 3.44. The number of aromatic nitrogens is 3. The van der Waals surface area contributed by atoms with E-state index in [1.807, 2.05) is 19.1 Å². The van der Waals surface area contributed by atoms with Gasteiger partial charge in [-0.25, -0.2) is 4.79 Å². The molecule has 0 saturated heterocycles. The molecule has 0 saturated carbocycles. The number of nitrogens with zero attached hydrogens (tertiary/aromatic N) is 4. The average molecular weight is 418 g/mol. The minimum absolute atomic E-state index is 0.0670. The van der Waals surface area contributed by atoms with Gasteiger partial charge in [-0.15, -0.1) is 0 Å². The minimum atomic E-state index is -0.671. The highest BCUT2D eigenvalue weighted by molar-refractivity contribution is 5.96. The van der Waals surface area contributed by atoms with Crippen LogP contribution in [-0.4, -0.2) is 32.3 Å². The number of pyridine rings is 1. The van der Waals surface area contributed by atoms with E-state index in [9.17, 15) is 19.7 Å². The number of fused-ring (bicyclic) bond motifs is 1. The summed E-state index contributed by atoms with van der Waals surface area (Å²) in [5.74, 6) is -0.671. The van der Waals surface area contributed by atoms with Gasteiger partial charge in [-0.05, 0) is 31.5 Å². The van der Waals surface area contributed by atoms with Gasteiger partial charge >= 0.3 is 5.97 Å². The fourth-order valence-electron chi connectivity index (χ4n) is 3.43. The first-order valence-electron chi connectivity index (χ1n) is 9.36. The Balaban J connectivity index is 2.01. The molecule has 2 aromatic carbocycles. The van der Waals surface area contributed by atoms with Gasteiger partial charge in [-0.2, -0.15) is 9.78 Å². The van der Waals surface area contributed by atoms with Gasteiger partial charge < -0.3 is 9.30 Å². The molecule has 0 aliphatic carbocycles. The molecule has 0 radical (unpaired) electrons. The number of benzene rings is 2. The zero-order chi connectivity index (χ0) is 22.3.